The molecule has 0 aliphatic heterocycles. The number of likely N-dealkylation sites (N-methyl/N-ethyl adjacent to an activating group) is 1. The summed E-state index contributed by atoms with van der Waals surface area (Å²) in [5.74, 6) is -0.435. The highest BCUT2D eigenvalue weighted by Crippen LogP contribution is 2.35. The summed E-state index contributed by atoms with van der Waals surface area (Å²) < 4.78 is 14.7. The number of carbonyl (C=O) groups excluding carboxylic acids is 1. The molecule has 0 spiro atoms. The fraction of sp³-hybridized carbons (Fsp3) is 0.135. The summed E-state index contributed by atoms with van der Waals surface area (Å²) in [6.45, 7) is 1.52. The third kappa shape index (κ3) is 6.58. The Morgan fingerprint density at radius 1 is 0.830 bits per heavy atom. The Morgan fingerprint density at radius 3 is 2.51 bits per heavy atom. The molecule has 0 saturated carbocycles. The van der Waals surface area contributed by atoms with Gasteiger partial charge in [0.2, 0.25) is 5.91 Å². The number of nitrogens with zero attached hydrogens (tertiary/aromatic N) is 4. The number of fused-ring (bicyclic) bond motifs is 2. The van der Waals surface area contributed by atoms with E-state index in [1.165, 1.54) is 12.1 Å². The van der Waals surface area contributed by atoms with Crippen LogP contribution in [0.25, 0.3) is 55.6 Å². The smallest absolute Gasteiger partial charge is 0.228 e. The number of amides is 1. The first-order valence-corrected chi connectivity index (χ1v) is 15.3. The fourth-order valence-electron chi connectivity index (χ4n) is 5.72. The largest absolute Gasteiger partial charge is 0.384 e. The molecule has 0 saturated heterocycles. The molecule has 0 bridgehead atoms. The Labute approximate surface area is 270 Å². The van der Waals surface area contributed by atoms with E-state index in [9.17, 15) is 9.18 Å². The minimum absolute atomic E-state index is 0.106. The van der Waals surface area contributed by atoms with Crippen molar-refractivity contribution in [2.75, 3.05) is 37.8 Å². The second kappa shape index (κ2) is 12.9. The van der Waals surface area contributed by atoms with Crippen molar-refractivity contribution in [1.82, 2.24) is 30.0 Å². The summed E-state index contributed by atoms with van der Waals surface area (Å²) in [6, 6.07) is 26.4. The van der Waals surface area contributed by atoms with Gasteiger partial charge < -0.3 is 20.5 Å². The van der Waals surface area contributed by atoms with Gasteiger partial charge in [-0.2, -0.15) is 5.10 Å². The SMILES string of the molecule is CN(C)CCNc1cc(F)cc(-c2nccc3[nH]c(-c4n[nH]c5ccc(-c6cncc(NC(=O)Cc7ccccc7)c6)cc45)cc23)c1. The number of halogens is 1. The number of anilines is 2. The molecule has 0 fully saturated rings. The van der Waals surface area contributed by atoms with Gasteiger partial charge in [-0.25, -0.2) is 4.39 Å². The molecule has 3 aromatic carbocycles. The lowest BCUT2D eigenvalue weighted by atomic mass is 10.0. The van der Waals surface area contributed by atoms with Crippen LogP contribution >= 0.6 is 0 Å². The lowest BCUT2D eigenvalue weighted by Gasteiger charge is -2.12. The van der Waals surface area contributed by atoms with Crippen LogP contribution in [0.15, 0.2) is 104 Å². The highest BCUT2D eigenvalue weighted by Gasteiger charge is 2.16. The molecule has 4 aromatic heterocycles. The topological polar surface area (TPSA) is 115 Å². The van der Waals surface area contributed by atoms with E-state index in [4.69, 9.17) is 0 Å². The van der Waals surface area contributed by atoms with Crippen molar-refractivity contribution in [1.29, 1.82) is 0 Å². The molecule has 0 unspecified atom stereocenters. The van der Waals surface area contributed by atoms with Gasteiger partial charge in [-0.1, -0.05) is 36.4 Å². The number of hydrogen-bond acceptors (Lipinski definition) is 6. The maximum atomic E-state index is 14.7. The summed E-state index contributed by atoms with van der Waals surface area (Å²) in [4.78, 5) is 27.3. The molecule has 4 N–H and O–H groups in total. The molecule has 10 heteroatoms. The molecule has 47 heavy (non-hydrogen) atoms. The third-order valence-corrected chi connectivity index (χ3v) is 7.99. The van der Waals surface area contributed by atoms with Gasteiger partial charge in [0.05, 0.1) is 35.2 Å². The lowest BCUT2D eigenvalue weighted by molar-refractivity contribution is -0.115. The van der Waals surface area contributed by atoms with E-state index in [1.807, 2.05) is 80.8 Å². The first-order valence-electron chi connectivity index (χ1n) is 15.3. The van der Waals surface area contributed by atoms with Crippen LogP contribution in [0.4, 0.5) is 15.8 Å². The predicted octanol–water partition coefficient (Wildman–Crippen LogP) is 7.13. The first-order chi connectivity index (χ1) is 22.9. The van der Waals surface area contributed by atoms with E-state index in [1.54, 1.807) is 18.6 Å². The van der Waals surface area contributed by atoms with Crippen LogP contribution < -0.4 is 10.6 Å². The number of H-pyrrole nitrogens is 2. The lowest BCUT2D eigenvalue weighted by Crippen LogP contribution is -2.20. The predicted molar refractivity (Wildman–Crippen MR) is 186 cm³/mol. The normalized spacial score (nSPS) is 11.4. The first kappa shape index (κ1) is 29.8. The zero-order valence-corrected chi connectivity index (χ0v) is 26.0. The zero-order valence-electron chi connectivity index (χ0n) is 26.0. The number of nitrogens with one attached hydrogen (secondary N) is 4. The Balaban J connectivity index is 1.18. The Kier molecular flexibility index (Phi) is 8.16. The Hall–Kier alpha value is -5.87. The molecule has 9 nitrogen and oxygen atoms in total. The number of aromatic nitrogens is 5. The van der Waals surface area contributed by atoms with Crippen LogP contribution in [0.1, 0.15) is 5.56 Å². The molecule has 4 heterocycles. The molecule has 1 amide bonds. The summed E-state index contributed by atoms with van der Waals surface area (Å²) in [6.07, 6.45) is 5.43. The van der Waals surface area contributed by atoms with Crippen LogP contribution in [0, 0.1) is 5.82 Å². The summed E-state index contributed by atoms with van der Waals surface area (Å²) in [5.41, 5.74) is 8.72. The monoisotopic (exact) mass is 624 g/mol. The Morgan fingerprint density at radius 2 is 1.66 bits per heavy atom. The maximum absolute atomic E-state index is 14.7. The van der Waals surface area contributed by atoms with Crippen LogP contribution in [-0.4, -0.2) is 63.1 Å². The minimum atomic E-state index is -0.329. The molecule has 0 radical (unpaired) electrons. The van der Waals surface area contributed by atoms with Gasteiger partial charge in [-0.05, 0) is 73.8 Å². The molecule has 234 valence electrons. The summed E-state index contributed by atoms with van der Waals surface area (Å²) in [5, 5.41) is 15.8. The number of benzene rings is 3. The molecule has 7 rings (SSSR count). The van der Waals surface area contributed by atoms with Crippen molar-refractivity contribution in [3.63, 3.8) is 0 Å². The van der Waals surface area contributed by atoms with E-state index in [2.05, 4.69) is 46.7 Å². The van der Waals surface area contributed by atoms with Crippen LogP contribution in [0.5, 0.6) is 0 Å². The van der Waals surface area contributed by atoms with Gasteiger partial charge in [-0.15, -0.1) is 0 Å². The van der Waals surface area contributed by atoms with Gasteiger partial charge in [-0.3, -0.25) is 19.9 Å². The number of aromatic amines is 2. The van der Waals surface area contributed by atoms with Gasteiger partial charge in [0.15, 0.2) is 0 Å². The highest BCUT2D eigenvalue weighted by molar-refractivity contribution is 6.01. The molecular weight excluding hydrogens is 591 g/mol. The highest BCUT2D eigenvalue weighted by atomic mass is 19.1. The van der Waals surface area contributed by atoms with Crippen LogP contribution in [0.3, 0.4) is 0 Å². The van der Waals surface area contributed by atoms with E-state index >= 15 is 0 Å². The van der Waals surface area contributed by atoms with Gasteiger partial charge in [0, 0.05) is 58.6 Å². The van der Waals surface area contributed by atoms with Gasteiger partial charge in [0.1, 0.15) is 11.5 Å². The third-order valence-electron chi connectivity index (χ3n) is 7.99. The van der Waals surface area contributed by atoms with Crippen molar-refractivity contribution in [3.8, 4) is 33.8 Å². The average Bonchev–Trinajstić information content (AvgIpc) is 3.69. The second-order valence-corrected chi connectivity index (χ2v) is 11.8. The summed E-state index contributed by atoms with van der Waals surface area (Å²) >= 11 is 0. The number of rotatable bonds is 10. The number of carbonyl (C=O) groups is 1. The van der Waals surface area contributed by atoms with Crippen molar-refractivity contribution >= 4 is 39.1 Å². The molecule has 7 aromatic rings. The molecule has 0 aliphatic rings. The van der Waals surface area contributed by atoms with E-state index in [0.29, 0.717) is 29.2 Å². The Bertz CT molecular complexity index is 2210. The van der Waals surface area contributed by atoms with Crippen molar-refractivity contribution in [3.05, 3.63) is 115 Å². The van der Waals surface area contributed by atoms with Crippen molar-refractivity contribution in [2.45, 2.75) is 6.42 Å². The van der Waals surface area contributed by atoms with Crippen LogP contribution in [-0.2, 0) is 11.2 Å². The van der Waals surface area contributed by atoms with E-state index in [0.717, 1.165) is 56.4 Å². The van der Waals surface area contributed by atoms with E-state index < -0.39 is 0 Å². The fourth-order valence-corrected chi connectivity index (χ4v) is 5.72. The van der Waals surface area contributed by atoms with Gasteiger partial charge in [0.25, 0.3) is 0 Å². The van der Waals surface area contributed by atoms with Crippen LogP contribution in [0.2, 0.25) is 0 Å². The molecular formula is C37H33FN8O. The molecule has 0 aliphatic carbocycles. The quantitative estimate of drug-likeness (QED) is 0.129. The minimum Gasteiger partial charge on any atom is -0.384 e. The van der Waals surface area contributed by atoms with Crippen molar-refractivity contribution in [2.24, 2.45) is 0 Å². The average molecular weight is 625 g/mol. The van der Waals surface area contributed by atoms with E-state index in [-0.39, 0.29) is 18.1 Å². The number of hydrogen-bond donors (Lipinski definition) is 4. The van der Waals surface area contributed by atoms with Crippen molar-refractivity contribution < 1.29 is 9.18 Å². The zero-order chi connectivity index (χ0) is 32.3. The standard InChI is InChI=1S/C37H33FN8O/c1-46(2)13-12-40-28-16-25(15-27(38)19-28)36-31-20-34(43-32(31)10-11-41-36)37-30-18-24(8-9-33(30)44-45-37)26-17-29(22-39-21-26)42-35(47)14-23-6-4-3-5-7-23/h3-11,15-22,40,43H,12-14H2,1-2H3,(H,42,47)(H,44,45). The maximum Gasteiger partial charge on any atom is 0.228 e. The second-order valence-electron chi connectivity index (χ2n) is 11.8. The molecule has 0 atom stereocenters. The van der Waals surface area contributed by atoms with Gasteiger partial charge >= 0.3 is 0 Å². The summed E-state index contributed by atoms with van der Waals surface area (Å²) in [7, 11) is 4.00. The number of pyridine rings is 2.